The van der Waals surface area contributed by atoms with Gasteiger partial charge in [-0.3, -0.25) is 9.11 Å². The van der Waals surface area contributed by atoms with Crippen LogP contribution in [-0.2, 0) is 20.2 Å². The second kappa shape index (κ2) is 8.40. The highest BCUT2D eigenvalue weighted by Crippen LogP contribution is 2.28. The molecule has 0 radical (unpaired) electrons. The van der Waals surface area contributed by atoms with Crippen molar-refractivity contribution in [2.75, 3.05) is 0 Å². The van der Waals surface area contributed by atoms with Crippen molar-refractivity contribution in [1.82, 2.24) is 15.0 Å². The van der Waals surface area contributed by atoms with E-state index >= 15 is 0 Å². The molecule has 0 saturated carbocycles. The molecule has 0 aliphatic heterocycles. The van der Waals surface area contributed by atoms with E-state index in [1.54, 1.807) is 24.3 Å². The topological polar surface area (TPSA) is 139 Å². The molecule has 0 spiro atoms. The van der Waals surface area contributed by atoms with Gasteiger partial charge in [-0.2, -0.15) is 16.8 Å². The van der Waals surface area contributed by atoms with Gasteiger partial charge < -0.3 is 0 Å². The van der Waals surface area contributed by atoms with E-state index in [1.807, 2.05) is 36.4 Å². The lowest BCUT2D eigenvalue weighted by Gasteiger charge is -2.07. The maximum Gasteiger partial charge on any atom is 0.294 e. The van der Waals surface area contributed by atoms with Crippen LogP contribution in [-0.4, -0.2) is 40.9 Å². The van der Waals surface area contributed by atoms with Gasteiger partial charge in [0.05, 0.1) is 15.5 Å². The summed E-state index contributed by atoms with van der Waals surface area (Å²) in [5, 5.41) is 10.1. The van der Waals surface area contributed by atoms with Crippen LogP contribution >= 0.6 is 0 Å². The second-order valence-corrected chi connectivity index (χ2v) is 10.6. The fourth-order valence-electron chi connectivity index (χ4n) is 3.70. The summed E-state index contributed by atoms with van der Waals surface area (Å²) in [4.78, 5) is 0.708. The van der Waals surface area contributed by atoms with Gasteiger partial charge in [-0.25, -0.2) is 0 Å². The Morgan fingerprint density at radius 1 is 0.714 bits per heavy atom. The Morgan fingerprint density at radius 2 is 1.40 bits per heavy atom. The first kappa shape index (κ1) is 22.9. The number of hydrogen-bond donors (Lipinski definition) is 2. The molecule has 9 nitrogen and oxygen atoms in total. The lowest BCUT2D eigenvalue weighted by atomic mass is 10.1. The predicted octanol–water partition coefficient (Wildman–Crippen LogP) is 4.24. The molecule has 0 atom stereocenters. The molecular weight excluding hydrogens is 490 g/mol. The van der Waals surface area contributed by atoms with Gasteiger partial charge in [0.2, 0.25) is 0 Å². The first-order chi connectivity index (χ1) is 16.6. The summed E-state index contributed by atoms with van der Waals surface area (Å²) in [5.41, 5.74) is 2.76. The molecule has 5 rings (SSSR count). The Kier molecular flexibility index (Phi) is 5.49. The van der Waals surface area contributed by atoms with Gasteiger partial charge in [0.15, 0.2) is 0 Å². The number of fused-ring (bicyclic) bond motifs is 3. The normalized spacial score (nSPS) is 12.6. The van der Waals surface area contributed by atoms with Crippen molar-refractivity contribution in [2.45, 2.75) is 9.79 Å². The fourth-order valence-corrected chi connectivity index (χ4v) is 4.72. The third-order valence-electron chi connectivity index (χ3n) is 5.41. The molecule has 5 aromatic rings. The zero-order chi connectivity index (χ0) is 24.8. The molecular formula is C24H17N3O6S2. The average molecular weight is 508 g/mol. The fraction of sp³-hybridized carbons (Fsp3) is 0. The van der Waals surface area contributed by atoms with Crippen molar-refractivity contribution in [3.63, 3.8) is 0 Å². The summed E-state index contributed by atoms with van der Waals surface area (Å²) < 4.78 is 65.5. The summed E-state index contributed by atoms with van der Waals surface area (Å²) in [5.74, 6) is 0. The zero-order valence-electron chi connectivity index (χ0n) is 17.8. The minimum absolute atomic E-state index is 0.245. The highest BCUT2D eigenvalue weighted by atomic mass is 32.2. The lowest BCUT2D eigenvalue weighted by molar-refractivity contribution is 0.481. The van der Waals surface area contributed by atoms with Crippen LogP contribution in [0.1, 0.15) is 11.1 Å². The van der Waals surface area contributed by atoms with Gasteiger partial charge in [-0.05, 0) is 41.3 Å². The van der Waals surface area contributed by atoms with Gasteiger partial charge in [0.25, 0.3) is 20.2 Å². The van der Waals surface area contributed by atoms with Gasteiger partial charge in [-0.1, -0.05) is 60.7 Å². The third kappa shape index (κ3) is 4.57. The second-order valence-electron chi connectivity index (χ2n) is 7.72. The van der Waals surface area contributed by atoms with Crippen molar-refractivity contribution in [2.24, 2.45) is 0 Å². The lowest BCUT2D eigenvalue weighted by Crippen LogP contribution is -2.05. The minimum atomic E-state index is -4.47. The van der Waals surface area contributed by atoms with E-state index < -0.39 is 20.2 Å². The minimum Gasteiger partial charge on any atom is -0.282 e. The number of aromatic nitrogens is 3. The molecule has 176 valence electrons. The van der Waals surface area contributed by atoms with E-state index in [2.05, 4.69) is 10.2 Å². The molecule has 35 heavy (non-hydrogen) atoms. The van der Waals surface area contributed by atoms with Gasteiger partial charge in [0.1, 0.15) is 11.0 Å². The highest BCUT2D eigenvalue weighted by Gasteiger charge is 2.17. The van der Waals surface area contributed by atoms with Crippen molar-refractivity contribution < 1.29 is 25.9 Å². The summed E-state index contributed by atoms with van der Waals surface area (Å²) in [6, 6.07) is 21.0. The molecule has 0 aliphatic rings. The van der Waals surface area contributed by atoms with Crippen LogP contribution in [0.5, 0.6) is 0 Å². The average Bonchev–Trinajstić information content (AvgIpc) is 3.26. The van der Waals surface area contributed by atoms with Crippen LogP contribution in [0.3, 0.4) is 0 Å². The summed E-state index contributed by atoms with van der Waals surface area (Å²) >= 11 is 0. The number of nitrogens with zero attached hydrogens (tertiary/aromatic N) is 3. The largest absolute Gasteiger partial charge is 0.294 e. The molecule has 4 aromatic carbocycles. The molecule has 0 fully saturated rings. The van der Waals surface area contributed by atoms with E-state index in [9.17, 15) is 25.9 Å². The Hall–Kier alpha value is -3.90. The SMILES string of the molecule is O=S(=O)(O)c1ccc(/C=C/c2ccccc2)c(-n2nc3ccc4cc(S(=O)(=O)O)ccc4c3n2)c1. The van der Waals surface area contributed by atoms with Crippen LogP contribution in [0.25, 0.3) is 39.6 Å². The van der Waals surface area contributed by atoms with Crippen molar-refractivity contribution in [3.8, 4) is 5.69 Å². The molecule has 0 amide bonds. The number of hydrogen-bond acceptors (Lipinski definition) is 6. The van der Waals surface area contributed by atoms with Crippen LogP contribution in [0, 0.1) is 0 Å². The quantitative estimate of drug-likeness (QED) is 0.266. The van der Waals surface area contributed by atoms with Gasteiger partial charge in [-0.15, -0.1) is 15.0 Å². The van der Waals surface area contributed by atoms with Crippen LogP contribution in [0.4, 0.5) is 0 Å². The monoisotopic (exact) mass is 507 g/mol. The van der Waals surface area contributed by atoms with Crippen molar-refractivity contribution in [1.29, 1.82) is 0 Å². The molecule has 0 saturated heterocycles. The molecule has 11 heteroatoms. The molecule has 1 heterocycles. The maximum atomic E-state index is 11.8. The van der Waals surface area contributed by atoms with E-state index in [1.165, 1.54) is 35.1 Å². The number of benzene rings is 4. The van der Waals surface area contributed by atoms with E-state index in [4.69, 9.17) is 0 Å². The maximum absolute atomic E-state index is 11.8. The first-order valence-corrected chi connectivity index (χ1v) is 13.1. The Bertz CT molecular complexity index is 1850. The van der Waals surface area contributed by atoms with Gasteiger partial charge >= 0.3 is 0 Å². The van der Waals surface area contributed by atoms with Crippen LogP contribution in [0.2, 0.25) is 0 Å². The summed E-state index contributed by atoms with van der Waals surface area (Å²) in [6.45, 7) is 0. The molecule has 0 unspecified atom stereocenters. The molecule has 1 aromatic heterocycles. The molecule has 2 N–H and O–H groups in total. The van der Waals surface area contributed by atoms with E-state index in [0.29, 0.717) is 33.1 Å². The van der Waals surface area contributed by atoms with Crippen LogP contribution < -0.4 is 0 Å². The predicted molar refractivity (Wildman–Crippen MR) is 131 cm³/mol. The standard InChI is InChI=1S/C24H17N3O6S2/c28-34(29,30)19-11-12-21-18(14-19)9-13-22-24(21)26-27(25-22)23-15-20(35(31,32)33)10-8-17(23)7-6-16-4-2-1-3-5-16/h1-15H,(H,28,29,30)(H,31,32,33)/b7-6+. The third-order valence-corrected chi connectivity index (χ3v) is 7.11. The van der Waals surface area contributed by atoms with Crippen molar-refractivity contribution in [3.05, 3.63) is 90.0 Å². The van der Waals surface area contributed by atoms with Crippen molar-refractivity contribution >= 4 is 54.2 Å². The Labute approximate surface area is 200 Å². The number of rotatable bonds is 5. The Balaban J connectivity index is 1.69. The summed E-state index contributed by atoms with van der Waals surface area (Å²) in [7, 11) is -8.84. The Morgan fingerprint density at radius 3 is 2.11 bits per heavy atom. The van der Waals surface area contributed by atoms with E-state index in [0.717, 1.165) is 5.56 Å². The zero-order valence-corrected chi connectivity index (χ0v) is 19.5. The van der Waals surface area contributed by atoms with E-state index in [-0.39, 0.29) is 9.79 Å². The highest BCUT2D eigenvalue weighted by molar-refractivity contribution is 7.86. The summed E-state index contributed by atoms with van der Waals surface area (Å²) in [6.07, 6.45) is 3.63. The van der Waals surface area contributed by atoms with Gasteiger partial charge in [0, 0.05) is 10.9 Å². The smallest absolute Gasteiger partial charge is 0.282 e. The molecule has 0 bridgehead atoms. The molecule has 0 aliphatic carbocycles. The van der Waals surface area contributed by atoms with Crippen LogP contribution in [0.15, 0.2) is 88.7 Å². The first-order valence-electron chi connectivity index (χ1n) is 10.2.